The van der Waals surface area contributed by atoms with Crippen LogP contribution in [0.2, 0.25) is 0 Å². The summed E-state index contributed by atoms with van der Waals surface area (Å²) in [5, 5.41) is 13.5. The van der Waals surface area contributed by atoms with Gasteiger partial charge in [0.05, 0.1) is 9.82 Å². The van der Waals surface area contributed by atoms with Gasteiger partial charge in [-0.1, -0.05) is 78.9 Å². The lowest BCUT2D eigenvalue weighted by atomic mass is 9.98. The minimum absolute atomic E-state index is 0.00396. The number of carbonyl (C=O) groups excluding carboxylic acids is 2. The molecular formula is C31H27N3O7S. The van der Waals surface area contributed by atoms with E-state index < -0.39 is 33.0 Å². The highest BCUT2D eigenvalue weighted by molar-refractivity contribution is 7.89. The quantitative estimate of drug-likeness (QED) is 0.218. The van der Waals surface area contributed by atoms with Gasteiger partial charge < -0.3 is 10.1 Å². The monoisotopic (exact) mass is 585 g/mol. The van der Waals surface area contributed by atoms with Gasteiger partial charge >= 0.3 is 6.09 Å². The number of alkyl carbamates (subject to hydrolysis) is 1. The number of nitrogens with one attached hydrogen (secondary N) is 1. The van der Waals surface area contributed by atoms with Gasteiger partial charge in [-0.15, -0.1) is 0 Å². The highest BCUT2D eigenvalue weighted by Crippen LogP contribution is 2.44. The number of carbonyl (C=O) groups is 2. The molecule has 0 unspecified atom stereocenters. The number of ether oxygens (including phenoxy) is 1. The second kappa shape index (κ2) is 11.8. The SMILES string of the molecule is CN(C(=O)[C@@H](Cc1ccccc1)NC(=O)OCC1c2ccccc2-c2ccccc21)S(=O)(=O)c1ccc([N+](=O)[O-])cc1. The lowest BCUT2D eigenvalue weighted by molar-refractivity contribution is -0.384. The molecule has 1 atom stereocenters. The van der Waals surface area contributed by atoms with Crippen LogP contribution in [-0.4, -0.2) is 49.3 Å². The molecular weight excluding hydrogens is 558 g/mol. The van der Waals surface area contributed by atoms with Crippen LogP contribution in [0.5, 0.6) is 0 Å². The van der Waals surface area contributed by atoms with E-state index in [1.54, 1.807) is 30.3 Å². The largest absolute Gasteiger partial charge is 0.449 e. The zero-order valence-electron chi connectivity index (χ0n) is 22.5. The molecule has 2 amide bonds. The predicted octanol–water partition coefficient (Wildman–Crippen LogP) is 4.89. The lowest BCUT2D eigenvalue weighted by Gasteiger charge is -2.25. The van der Waals surface area contributed by atoms with E-state index in [4.69, 9.17) is 4.74 Å². The van der Waals surface area contributed by atoms with Crippen molar-refractivity contribution in [2.24, 2.45) is 0 Å². The minimum Gasteiger partial charge on any atom is -0.449 e. The number of hydrogen-bond acceptors (Lipinski definition) is 7. The highest BCUT2D eigenvalue weighted by Gasteiger charge is 2.34. The maximum atomic E-state index is 13.5. The molecule has 214 valence electrons. The van der Waals surface area contributed by atoms with Crippen molar-refractivity contribution in [2.75, 3.05) is 13.7 Å². The number of nitrogens with zero attached hydrogens (tertiary/aromatic N) is 2. The second-order valence-electron chi connectivity index (χ2n) is 9.77. The molecule has 0 saturated heterocycles. The fourth-order valence-corrected chi connectivity index (χ4v) is 6.23. The number of likely N-dealkylation sites (N-methyl/N-ethyl adjacent to an activating group) is 1. The van der Waals surface area contributed by atoms with Crippen LogP contribution in [0.1, 0.15) is 22.6 Å². The number of nitro benzene ring substituents is 1. The Bertz CT molecular complexity index is 1700. The number of hydrogen-bond donors (Lipinski definition) is 1. The van der Waals surface area contributed by atoms with Gasteiger partial charge in [0.15, 0.2) is 0 Å². The van der Waals surface area contributed by atoms with Gasteiger partial charge in [-0.2, -0.15) is 0 Å². The number of benzene rings is 4. The fourth-order valence-electron chi connectivity index (χ4n) is 5.07. The maximum Gasteiger partial charge on any atom is 0.407 e. The topological polar surface area (TPSA) is 136 Å². The number of fused-ring (bicyclic) bond motifs is 3. The Labute approximate surface area is 242 Å². The molecule has 0 aromatic heterocycles. The molecule has 10 nitrogen and oxygen atoms in total. The zero-order valence-corrected chi connectivity index (χ0v) is 23.4. The molecule has 4 aromatic carbocycles. The summed E-state index contributed by atoms with van der Waals surface area (Å²) in [5.41, 5.74) is 4.59. The van der Waals surface area contributed by atoms with Crippen molar-refractivity contribution in [1.29, 1.82) is 0 Å². The third-order valence-corrected chi connectivity index (χ3v) is 9.00. The average Bonchev–Trinajstić information content (AvgIpc) is 3.33. The normalized spacial score (nSPS) is 13.0. The van der Waals surface area contributed by atoms with Gasteiger partial charge in [0, 0.05) is 31.5 Å². The first-order chi connectivity index (χ1) is 20.2. The van der Waals surface area contributed by atoms with Crippen molar-refractivity contribution in [3.63, 3.8) is 0 Å². The van der Waals surface area contributed by atoms with Gasteiger partial charge in [-0.05, 0) is 39.9 Å². The molecule has 0 bridgehead atoms. The van der Waals surface area contributed by atoms with Crippen LogP contribution in [0, 0.1) is 10.1 Å². The molecule has 0 heterocycles. The van der Waals surface area contributed by atoms with Crippen LogP contribution in [-0.2, 0) is 26.0 Å². The molecule has 0 saturated carbocycles. The number of sulfonamides is 1. The standard InChI is InChI=1S/C31H27N3O7S/c1-33(42(39,40)23-17-15-22(16-18-23)34(37)38)30(35)29(19-21-9-3-2-4-10-21)32-31(36)41-20-28-26-13-7-5-11-24(26)25-12-6-8-14-27(25)28/h2-18,28-29H,19-20H2,1H3,(H,32,36)/t29-/m1/s1. The summed E-state index contributed by atoms with van der Waals surface area (Å²) in [6.45, 7) is 0.0169. The summed E-state index contributed by atoms with van der Waals surface area (Å²) in [4.78, 5) is 36.6. The third-order valence-electron chi connectivity index (χ3n) is 7.23. The van der Waals surface area contributed by atoms with Crippen LogP contribution < -0.4 is 5.32 Å². The predicted molar refractivity (Wildman–Crippen MR) is 155 cm³/mol. The summed E-state index contributed by atoms with van der Waals surface area (Å²) in [5.74, 6) is -1.10. The van der Waals surface area contributed by atoms with Crippen LogP contribution in [0.15, 0.2) is 108 Å². The van der Waals surface area contributed by atoms with Crippen molar-refractivity contribution in [3.05, 3.63) is 130 Å². The van der Waals surface area contributed by atoms with Gasteiger partial charge in [-0.25, -0.2) is 17.5 Å². The number of non-ortho nitro benzene ring substituents is 1. The van der Waals surface area contributed by atoms with E-state index in [1.807, 2.05) is 48.5 Å². The van der Waals surface area contributed by atoms with Crippen molar-refractivity contribution < 1.29 is 27.7 Å². The molecule has 0 fully saturated rings. The Hall–Kier alpha value is -5.03. The Balaban J connectivity index is 1.34. The van der Waals surface area contributed by atoms with Gasteiger partial charge in [-0.3, -0.25) is 14.9 Å². The summed E-state index contributed by atoms with van der Waals surface area (Å²) in [7, 11) is -3.30. The Morgan fingerprint density at radius 3 is 2.00 bits per heavy atom. The molecule has 0 spiro atoms. The summed E-state index contributed by atoms with van der Waals surface area (Å²) < 4.78 is 32.6. The first kappa shape index (κ1) is 28.5. The van der Waals surface area contributed by atoms with E-state index in [9.17, 15) is 28.1 Å². The van der Waals surface area contributed by atoms with E-state index in [0.29, 0.717) is 9.87 Å². The highest BCUT2D eigenvalue weighted by atomic mass is 32.2. The maximum absolute atomic E-state index is 13.5. The van der Waals surface area contributed by atoms with Gasteiger partial charge in [0.2, 0.25) is 0 Å². The van der Waals surface area contributed by atoms with E-state index in [-0.39, 0.29) is 29.5 Å². The number of amides is 2. The number of rotatable bonds is 9. The van der Waals surface area contributed by atoms with Crippen LogP contribution in [0.3, 0.4) is 0 Å². The van der Waals surface area contributed by atoms with E-state index in [2.05, 4.69) is 5.32 Å². The minimum atomic E-state index is -4.38. The van der Waals surface area contributed by atoms with Crippen molar-refractivity contribution in [1.82, 2.24) is 9.62 Å². The van der Waals surface area contributed by atoms with E-state index >= 15 is 0 Å². The van der Waals surface area contributed by atoms with Gasteiger partial charge in [0.25, 0.3) is 21.6 Å². The summed E-state index contributed by atoms with van der Waals surface area (Å²) >= 11 is 0. The van der Waals surface area contributed by atoms with Crippen molar-refractivity contribution in [2.45, 2.75) is 23.3 Å². The molecule has 0 aliphatic heterocycles. The van der Waals surface area contributed by atoms with Crippen molar-refractivity contribution in [3.8, 4) is 11.1 Å². The Kier molecular flexibility index (Phi) is 8.03. The summed E-state index contributed by atoms with van der Waals surface area (Å²) in [6.07, 6.45) is -0.864. The first-order valence-electron chi connectivity index (χ1n) is 13.1. The van der Waals surface area contributed by atoms with Gasteiger partial charge in [0.1, 0.15) is 12.6 Å². The molecule has 42 heavy (non-hydrogen) atoms. The number of nitro groups is 1. The molecule has 0 radical (unpaired) electrons. The summed E-state index contributed by atoms with van der Waals surface area (Å²) in [6, 6.07) is 27.5. The molecule has 5 rings (SSSR count). The fraction of sp³-hybridized carbons (Fsp3) is 0.161. The van der Waals surface area contributed by atoms with Crippen LogP contribution >= 0.6 is 0 Å². The van der Waals surface area contributed by atoms with Crippen molar-refractivity contribution >= 4 is 27.7 Å². The average molecular weight is 586 g/mol. The molecule has 4 aromatic rings. The first-order valence-corrected chi connectivity index (χ1v) is 14.5. The zero-order chi connectivity index (χ0) is 29.9. The Morgan fingerprint density at radius 1 is 0.881 bits per heavy atom. The molecule has 1 aliphatic rings. The molecule has 1 aliphatic carbocycles. The smallest absolute Gasteiger partial charge is 0.407 e. The Morgan fingerprint density at radius 2 is 1.43 bits per heavy atom. The van der Waals surface area contributed by atoms with Crippen LogP contribution in [0.4, 0.5) is 10.5 Å². The second-order valence-corrected chi connectivity index (χ2v) is 11.7. The third kappa shape index (κ3) is 5.72. The van der Waals surface area contributed by atoms with E-state index in [1.165, 1.54) is 0 Å². The van der Waals surface area contributed by atoms with Crippen LogP contribution in [0.25, 0.3) is 11.1 Å². The lowest BCUT2D eigenvalue weighted by Crippen LogP contribution is -2.50. The van der Waals surface area contributed by atoms with E-state index in [0.717, 1.165) is 53.6 Å². The molecule has 11 heteroatoms. The molecule has 1 N–H and O–H groups in total.